The molecular formula is C15H24N2O. The molecule has 1 aliphatic heterocycles. The lowest BCUT2D eigenvalue weighted by atomic mass is 10.0. The highest BCUT2D eigenvalue weighted by Gasteiger charge is 2.12. The summed E-state index contributed by atoms with van der Waals surface area (Å²) < 4.78 is 5.66. The molecule has 0 aromatic heterocycles. The van der Waals surface area contributed by atoms with Crippen LogP contribution in [0.4, 0.5) is 5.69 Å². The molecule has 3 nitrogen and oxygen atoms in total. The Balaban J connectivity index is 1.72. The molecule has 0 spiro atoms. The van der Waals surface area contributed by atoms with Gasteiger partial charge in [0, 0.05) is 25.3 Å². The Kier molecular flexibility index (Phi) is 5.02. The Hall–Kier alpha value is -1.06. The highest BCUT2D eigenvalue weighted by atomic mass is 16.5. The quantitative estimate of drug-likeness (QED) is 0.840. The lowest BCUT2D eigenvalue weighted by Crippen LogP contribution is -2.39. The third-order valence-electron chi connectivity index (χ3n) is 3.38. The number of hydrogen-bond acceptors (Lipinski definition) is 3. The second kappa shape index (κ2) is 6.76. The van der Waals surface area contributed by atoms with E-state index in [2.05, 4.69) is 48.7 Å². The van der Waals surface area contributed by atoms with Gasteiger partial charge in [0.25, 0.3) is 0 Å². The zero-order valence-corrected chi connectivity index (χ0v) is 11.4. The van der Waals surface area contributed by atoms with Gasteiger partial charge in [-0.2, -0.15) is 0 Å². The molecule has 3 heteroatoms. The number of anilines is 1. The summed E-state index contributed by atoms with van der Waals surface area (Å²) >= 11 is 0. The Morgan fingerprint density at radius 1 is 1.33 bits per heavy atom. The predicted octanol–water partition coefficient (Wildman–Crippen LogP) is 2.60. The molecule has 0 amide bonds. The smallest absolute Gasteiger partial charge is 0.0716 e. The highest BCUT2D eigenvalue weighted by molar-refractivity contribution is 5.45. The predicted molar refractivity (Wildman–Crippen MR) is 76.2 cm³/mol. The molecule has 2 rings (SSSR count). The average Bonchev–Trinajstić information content (AvgIpc) is 2.40. The third kappa shape index (κ3) is 4.00. The van der Waals surface area contributed by atoms with Crippen molar-refractivity contribution in [2.75, 3.05) is 31.6 Å². The molecule has 0 bridgehead atoms. The van der Waals surface area contributed by atoms with Gasteiger partial charge in [0.2, 0.25) is 0 Å². The fourth-order valence-corrected chi connectivity index (χ4v) is 2.17. The van der Waals surface area contributed by atoms with Crippen LogP contribution in [0.2, 0.25) is 0 Å². The zero-order valence-electron chi connectivity index (χ0n) is 11.4. The molecule has 1 aromatic rings. The van der Waals surface area contributed by atoms with Crippen molar-refractivity contribution >= 4 is 5.69 Å². The van der Waals surface area contributed by atoms with Gasteiger partial charge in [0.05, 0.1) is 12.7 Å². The highest BCUT2D eigenvalue weighted by Crippen LogP contribution is 2.17. The fourth-order valence-electron chi connectivity index (χ4n) is 2.17. The van der Waals surface area contributed by atoms with E-state index < -0.39 is 0 Å². The minimum Gasteiger partial charge on any atom is -0.385 e. The van der Waals surface area contributed by atoms with Crippen LogP contribution >= 0.6 is 0 Å². The van der Waals surface area contributed by atoms with Crippen LogP contribution < -0.4 is 10.6 Å². The minimum absolute atomic E-state index is 0.362. The first kappa shape index (κ1) is 13.4. The summed E-state index contributed by atoms with van der Waals surface area (Å²) in [7, 11) is 0. The van der Waals surface area contributed by atoms with Crippen molar-refractivity contribution < 1.29 is 4.74 Å². The maximum absolute atomic E-state index is 5.66. The van der Waals surface area contributed by atoms with E-state index in [4.69, 9.17) is 4.74 Å². The average molecular weight is 248 g/mol. The van der Waals surface area contributed by atoms with Gasteiger partial charge in [-0.3, -0.25) is 0 Å². The number of rotatable bonds is 5. The van der Waals surface area contributed by atoms with Gasteiger partial charge >= 0.3 is 0 Å². The van der Waals surface area contributed by atoms with E-state index in [0.717, 1.165) is 32.7 Å². The van der Waals surface area contributed by atoms with Gasteiger partial charge in [-0.25, -0.2) is 0 Å². The van der Waals surface area contributed by atoms with Crippen LogP contribution in [0.5, 0.6) is 0 Å². The largest absolute Gasteiger partial charge is 0.385 e. The Labute approximate surface area is 110 Å². The lowest BCUT2D eigenvalue weighted by Gasteiger charge is -2.23. The number of benzene rings is 1. The summed E-state index contributed by atoms with van der Waals surface area (Å²) in [6.07, 6.45) is 1.42. The second-order valence-electron chi connectivity index (χ2n) is 5.19. The van der Waals surface area contributed by atoms with Gasteiger partial charge < -0.3 is 15.4 Å². The van der Waals surface area contributed by atoms with Crippen molar-refractivity contribution in [2.24, 2.45) is 0 Å². The molecule has 1 atom stereocenters. The van der Waals surface area contributed by atoms with Gasteiger partial charge in [0.1, 0.15) is 0 Å². The van der Waals surface area contributed by atoms with E-state index in [9.17, 15) is 0 Å². The van der Waals surface area contributed by atoms with Crippen LogP contribution in [0.25, 0.3) is 0 Å². The van der Waals surface area contributed by atoms with Crippen LogP contribution in [0, 0.1) is 0 Å². The molecule has 1 unspecified atom stereocenters. The first-order valence-corrected chi connectivity index (χ1v) is 6.92. The monoisotopic (exact) mass is 248 g/mol. The number of morpholine rings is 1. The molecule has 18 heavy (non-hydrogen) atoms. The molecule has 100 valence electrons. The molecular weight excluding hydrogens is 224 g/mol. The molecule has 1 aliphatic rings. The Bertz CT molecular complexity index is 342. The topological polar surface area (TPSA) is 33.3 Å². The van der Waals surface area contributed by atoms with Crippen LogP contribution in [-0.4, -0.2) is 32.3 Å². The molecule has 0 aliphatic carbocycles. The van der Waals surface area contributed by atoms with Gasteiger partial charge in [-0.15, -0.1) is 0 Å². The maximum Gasteiger partial charge on any atom is 0.0716 e. The summed E-state index contributed by atoms with van der Waals surface area (Å²) in [5.74, 6) is 0.598. The second-order valence-corrected chi connectivity index (χ2v) is 5.19. The van der Waals surface area contributed by atoms with E-state index in [1.165, 1.54) is 11.3 Å². The number of hydrogen-bond donors (Lipinski definition) is 2. The van der Waals surface area contributed by atoms with Crippen LogP contribution in [0.3, 0.4) is 0 Å². The Morgan fingerprint density at radius 2 is 2.11 bits per heavy atom. The summed E-state index contributed by atoms with van der Waals surface area (Å²) in [5.41, 5.74) is 2.59. The summed E-state index contributed by atoms with van der Waals surface area (Å²) in [4.78, 5) is 0. The van der Waals surface area contributed by atoms with Crippen LogP contribution in [0.1, 0.15) is 31.7 Å². The molecule has 1 saturated heterocycles. The van der Waals surface area contributed by atoms with E-state index in [1.54, 1.807) is 0 Å². The first-order chi connectivity index (χ1) is 8.75. The van der Waals surface area contributed by atoms with Crippen molar-refractivity contribution in [3.05, 3.63) is 29.8 Å². The molecule has 1 fully saturated rings. The van der Waals surface area contributed by atoms with Crippen molar-refractivity contribution in [1.29, 1.82) is 0 Å². The number of nitrogens with one attached hydrogen (secondary N) is 2. The van der Waals surface area contributed by atoms with Crippen molar-refractivity contribution in [3.8, 4) is 0 Å². The van der Waals surface area contributed by atoms with Crippen molar-refractivity contribution in [3.63, 3.8) is 0 Å². The van der Waals surface area contributed by atoms with Crippen molar-refractivity contribution in [2.45, 2.75) is 32.3 Å². The van der Waals surface area contributed by atoms with Gasteiger partial charge in [-0.1, -0.05) is 26.0 Å². The summed E-state index contributed by atoms with van der Waals surface area (Å²) in [6, 6.07) is 8.72. The molecule has 1 aromatic carbocycles. The molecule has 0 radical (unpaired) electrons. The molecule has 2 N–H and O–H groups in total. The third-order valence-corrected chi connectivity index (χ3v) is 3.38. The van der Waals surface area contributed by atoms with E-state index in [0.29, 0.717) is 12.0 Å². The van der Waals surface area contributed by atoms with Crippen molar-refractivity contribution in [1.82, 2.24) is 5.32 Å². The maximum atomic E-state index is 5.66. The van der Waals surface area contributed by atoms with Gasteiger partial charge in [-0.05, 0) is 30.0 Å². The van der Waals surface area contributed by atoms with Gasteiger partial charge in [0.15, 0.2) is 0 Å². The fraction of sp³-hybridized carbons (Fsp3) is 0.600. The molecule has 1 heterocycles. The number of ether oxygens (including phenoxy) is 1. The summed E-state index contributed by atoms with van der Waals surface area (Å²) in [5, 5.41) is 6.80. The SMILES string of the molecule is CC(C)c1ccc(NCCC2CNCCO2)cc1. The van der Waals surface area contributed by atoms with Crippen LogP contribution in [-0.2, 0) is 4.74 Å². The van der Waals surface area contributed by atoms with E-state index >= 15 is 0 Å². The van der Waals surface area contributed by atoms with E-state index in [-0.39, 0.29) is 0 Å². The zero-order chi connectivity index (χ0) is 12.8. The summed E-state index contributed by atoms with van der Waals surface area (Å²) in [6.45, 7) is 8.21. The first-order valence-electron chi connectivity index (χ1n) is 6.92. The normalized spacial score (nSPS) is 20.1. The van der Waals surface area contributed by atoms with Crippen LogP contribution in [0.15, 0.2) is 24.3 Å². The Morgan fingerprint density at radius 3 is 2.72 bits per heavy atom. The lowest BCUT2D eigenvalue weighted by molar-refractivity contribution is 0.0258. The van der Waals surface area contributed by atoms with E-state index in [1.807, 2.05) is 0 Å². The molecule has 0 saturated carbocycles. The standard InChI is InChI=1S/C15H24N2O/c1-12(2)13-3-5-14(6-4-13)17-8-7-15-11-16-9-10-18-15/h3-6,12,15-17H,7-11H2,1-2H3. The minimum atomic E-state index is 0.362.